The number of ether oxygens (including phenoxy) is 1. The molecule has 1 fully saturated rings. The van der Waals surface area contributed by atoms with Gasteiger partial charge in [-0.15, -0.1) is 0 Å². The quantitative estimate of drug-likeness (QED) is 0.650. The van der Waals surface area contributed by atoms with Crippen molar-refractivity contribution in [3.63, 3.8) is 0 Å². The number of piperidine rings is 1. The van der Waals surface area contributed by atoms with E-state index in [9.17, 15) is 4.79 Å². The van der Waals surface area contributed by atoms with Crippen LogP contribution in [0.4, 0.5) is 0 Å². The van der Waals surface area contributed by atoms with Crippen molar-refractivity contribution < 1.29 is 9.53 Å². The molecule has 0 aromatic heterocycles. The smallest absolute Gasteiger partial charge is 0.221 e. The van der Waals surface area contributed by atoms with Crippen molar-refractivity contribution in [2.45, 2.75) is 45.3 Å². The summed E-state index contributed by atoms with van der Waals surface area (Å²) in [5.41, 5.74) is 0. The molecule has 1 aliphatic heterocycles. The average molecular weight is 171 g/mol. The minimum absolute atomic E-state index is 0.0159. The molecule has 0 radical (unpaired) electrons. The highest BCUT2D eigenvalue weighted by Crippen LogP contribution is 2.09. The summed E-state index contributed by atoms with van der Waals surface area (Å²) in [4.78, 5) is 10.9. The van der Waals surface area contributed by atoms with Crippen molar-refractivity contribution >= 4 is 5.91 Å². The molecule has 3 heteroatoms. The summed E-state index contributed by atoms with van der Waals surface area (Å²) >= 11 is 0. The summed E-state index contributed by atoms with van der Waals surface area (Å²) in [6, 6.07) is 0. The maximum absolute atomic E-state index is 10.9. The van der Waals surface area contributed by atoms with Gasteiger partial charge in [0.2, 0.25) is 5.91 Å². The fraction of sp³-hybridized carbons (Fsp3) is 0.889. The zero-order valence-electron chi connectivity index (χ0n) is 7.64. The van der Waals surface area contributed by atoms with Crippen LogP contribution in [0.1, 0.15) is 39.0 Å². The van der Waals surface area contributed by atoms with Crippen LogP contribution < -0.4 is 5.32 Å². The van der Waals surface area contributed by atoms with Gasteiger partial charge in [0, 0.05) is 13.0 Å². The predicted octanol–water partition coefficient (Wildman–Crippen LogP) is 1.43. The average Bonchev–Trinajstić information content (AvgIpc) is 2.05. The number of nitrogens with one attached hydrogen (secondary N) is 1. The number of hydrogen-bond donors (Lipinski definition) is 1. The molecular formula is C9H17NO2. The molecule has 1 saturated heterocycles. The third kappa shape index (κ3) is 3.22. The molecule has 1 N–H and O–H groups in total. The highest BCUT2D eigenvalue weighted by atomic mass is 16.5. The Morgan fingerprint density at radius 2 is 2.50 bits per heavy atom. The maximum Gasteiger partial charge on any atom is 0.221 e. The third-order valence-electron chi connectivity index (χ3n) is 2.01. The molecule has 1 unspecified atom stereocenters. The molecule has 1 rings (SSSR count). The van der Waals surface area contributed by atoms with Crippen molar-refractivity contribution in [3.05, 3.63) is 0 Å². The molecule has 0 spiro atoms. The minimum Gasteiger partial charge on any atom is -0.359 e. The van der Waals surface area contributed by atoms with Gasteiger partial charge in [-0.25, -0.2) is 0 Å². The molecule has 0 bridgehead atoms. The lowest BCUT2D eigenvalue weighted by Crippen LogP contribution is -2.40. The van der Waals surface area contributed by atoms with Crippen LogP contribution in [0.2, 0.25) is 0 Å². The van der Waals surface area contributed by atoms with Gasteiger partial charge in [-0.1, -0.05) is 13.3 Å². The van der Waals surface area contributed by atoms with Crippen LogP contribution in [0.25, 0.3) is 0 Å². The van der Waals surface area contributed by atoms with Gasteiger partial charge >= 0.3 is 0 Å². The topological polar surface area (TPSA) is 38.3 Å². The lowest BCUT2D eigenvalue weighted by molar-refractivity contribution is -0.128. The van der Waals surface area contributed by atoms with E-state index < -0.39 is 0 Å². The first-order valence-electron chi connectivity index (χ1n) is 4.74. The van der Waals surface area contributed by atoms with E-state index in [0.29, 0.717) is 6.42 Å². The van der Waals surface area contributed by atoms with Crippen LogP contribution >= 0.6 is 0 Å². The second-order valence-corrected chi connectivity index (χ2v) is 3.17. The number of rotatable bonds is 4. The number of amides is 1. The first-order valence-corrected chi connectivity index (χ1v) is 4.74. The monoisotopic (exact) mass is 171 g/mol. The van der Waals surface area contributed by atoms with E-state index in [-0.39, 0.29) is 12.1 Å². The summed E-state index contributed by atoms with van der Waals surface area (Å²) in [6.45, 7) is 2.89. The van der Waals surface area contributed by atoms with Crippen molar-refractivity contribution in [1.82, 2.24) is 5.32 Å². The van der Waals surface area contributed by atoms with Crippen molar-refractivity contribution in [2.75, 3.05) is 6.61 Å². The number of unbranched alkanes of at least 4 members (excludes halogenated alkanes) is 1. The third-order valence-corrected chi connectivity index (χ3v) is 2.01. The standard InChI is InChI=1S/C9H17NO2/c1-2-3-7-12-9-6-4-5-8(11)10-9/h9H,2-7H2,1H3,(H,10,11). The fourth-order valence-electron chi connectivity index (χ4n) is 1.27. The predicted molar refractivity (Wildman–Crippen MR) is 46.6 cm³/mol. The summed E-state index contributed by atoms with van der Waals surface area (Å²) in [7, 11) is 0. The van der Waals surface area contributed by atoms with Crippen LogP contribution in [0.3, 0.4) is 0 Å². The first-order chi connectivity index (χ1) is 5.83. The zero-order valence-corrected chi connectivity index (χ0v) is 7.64. The van der Waals surface area contributed by atoms with Crippen LogP contribution in [0.5, 0.6) is 0 Å². The normalized spacial score (nSPS) is 23.8. The van der Waals surface area contributed by atoms with Crippen LogP contribution in [-0.2, 0) is 9.53 Å². The second kappa shape index (κ2) is 5.14. The van der Waals surface area contributed by atoms with Gasteiger partial charge in [-0.3, -0.25) is 4.79 Å². The van der Waals surface area contributed by atoms with E-state index in [1.807, 2.05) is 0 Å². The van der Waals surface area contributed by atoms with Crippen molar-refractivity contribution in [1.29, 1.82) is 0 Å². The molecule has 3 nitrogen and oxygen atoms in total. The van der Waals surface area contributed by atoms with Gasteiger partial charge in [-0.05, 0) is 19.3 Å². The van der Waals surface area contributed by atoms with E-state index >= 15 is 0 Å². The molecule has 0 aromatic carbocycles. The molecule has 12 heavy (non-hydrogen) atoms. The largest absolute Gasteiger partial charge is 0.359 e. The number of hydrogen-bond acceptors (Lipinski definition) is 2. The Kier molecular flexibility index (Phi) is 4.08. The van der Waals surface area contributed by atoms with Gasteiger partial charge in [0.15, 0.2) is 0 Å². The molecule has 1 aliphatic rings. The van der Waals surface area contributed by atoms with Crippen molar-refractivity contribution in [2.24, 2.45) is 0 Å². The summed E-state index contributed by atoms with van der Waals surface area (Å²) in [6.07, 6.45) is 4.79. The van der Waals surface area contributed by atoms with E-state index in [4.69, 9.17) is 4.74 Å². The molecule has 0 saturated carbocycles. The number of carbonyl (C=O) groups is 1. The Hall–Kier alpha value is -0.570. The Morgan fingerprint density at radius 3 is 3.17 bits per heavy atom. The highest BCUT2D eigenvalue weighted by Gasteiger charge is 2.17. The summed E-state index contributed by atoms with van der Waals surface area (Å²) in [5.74, 6) is 0.128. The molecule has 70 valence electrons. The van der Waals surface area contributed by atoms with E-state index in [0.717, 1.165) is 32.3 Å². The van der Waals surface area contributed by atoms with Crippen LogP contribution in [-0.4, -0.2) is 18.7 Å². The van der Waals surface area contributed by atoms with E-state index in [2.05, 4.69) is 12.2 Å². The Morgan fingerprint density at radius 1 is 1.67 bits per heavy atom. The van der Waals surface area contributed by atoms with Gasteiger partial charge in [0.25, 0.3) is 0 Å². The molecule has 1 amide bonds. The van der Waals surface area contributed by atoms with E-state index in [1.54, 1.807) is 0 Å². The molecule has 1 heterocycles. The lowest BCUT2D eigenvalue weighted by Gasteiger charge is -2.23. The lowest BCUT2D eigenvalue weighted by atomic mass is 10.1. The summed E-state index contributed by atoms with van der Waals surface area (Å²) in [5, 5.41) is 2.81. The Balaban J connectivity index is 2.10. The minimum atomic E-state index is -0.0159. The van der Waals surface area contributed by atoms with Crippen LogP contribution in [0.15, 0.2) is 0 Å². The molecule has 0 aromatic rings. The fourth-order valence-corrected chi connectivity index (χ4v) is 1.27. The van der Waals surface area contributed by atoms with Gasteiger partial charge in [0.1, 0.15) is 6.23 Å². The van der Waals surface area contributed by atoms with E-state index in [1.165, 1.54) is 0 Å². The first kappa shape index (κ1) is 9.52. The Bertz CT molecular complexity index is 147. The summed E-state index contributed by atoms with van der Waals surface area (Å²) < 4.78 is 5.46. The molecule has 0 aliphatic carbocycles. The molecular weight excluding hydrogens is 154 g/mol. The van der Waals surface area contributed by atoms with Crippen molar-refractivity contribution in [3.8, 4) is 0 Å². The zero-order chi connectivity index (χ0) is 8.81. The number of carbonyl (C=O) groups excluding carboxylic acids is 1. The Labute approximate surface area is 73.5 Å². The van der Waals surface area contributed by atoms with Crippen LogP contribution in [0, 0.1) is 0 Å². The van der Waals surface area contributed by atoms with Gasteiger partial charge in [-0.2, -0.15) is 0 Å². The van der Waals surface area contributed by atoms with Gasteiger partial charge < -0.3 is 10.1 Å². The second-order valence-electron chi connectivity index (χ2n) is 3.17. The maximum atomic E-state index is 10.9. The molecule has 1 atom stereocenters. The highest BCUT2D eigenvalue weighted by molar-refractivity contribution is 5.76. The van der Waals surface area contributed by atoms with Gasteiger partial charge in [0.05, 0.1) is 0 Å². The SMILES string of the molecule is CCCCOC1CCCC(=O)N1.